The van der Waals surface area contributed by atoms with Gasteiger partial charge in [0.2, 0.25) is 0 Å². The van der Waals surface area contributed by atoms with Gasteiger partial charge in [0, 0.05) is 10.7 Å². The predicted molar refractivity (Wildman–Crippen MR) is 81.6 cm³/mol. The molecule has 2 N–H and O–H groups in total. The number of nitrogens with one attached hydrogen (secondary N) is 1. The summed E-state index contributed by atoms with van der Waals surface area (Å²) < 4.78 is 0. The van der Waals surface area contributed by atoms with E-state index in [9.17, 15) is 9.90 Å². The second-order valence-electron chi connectivity index (χ2n) is 4.74. The summed E-state index contributed by atoms with van der Waals surface area (Å²) in [6.45, 7) is 3.82. The molecule has 20 heavy (non-hydrogen) atoms. The highest BCUT2D eigenvalue weighted by Crippen LogP contribution is 2.27. The van der Waals surface area contributed by atoms with Crippen LogP contribution in [0.1, 0.15) is 34.5 Å². The van der Waals surface area contributed by atoms with Gasteiger partial charge in [-0.15, -0.1) is 0 Å². The molecule has 2 rings (SSSR count). The van der Waals surface area contributed by atoms with Crippen LogP contribution in [0.5, 0.6) is 0 Å². The molecular formula is C16H16ClNO2. The molecule has 104 valence electrons. The van der Waals surface area contributed by atoms with E-state index in [0.29, 0.717) is 10.7 Å². The zero-order valence-electron chi connectivity index (χ0n) is 11.4. The predicted octanol–water partition coefficient (Wildman–Crippen LogP) is 4.52. The van der Waals surface area contributed by atoms with Crippen LogP contribution in [0.4, 0.5) is 5.69 Å². The third-order valence-electron chi connectivity index (χ3n) is 3.15. The summed E-state index contributed by atoms with van der Waals surface area (Å²) in [5.74, 6) is -0.942. The van der Waals surface area contributed by atoms with Crippen molar-refractivity contribution < 1.29 is 9.90 Å². The summed E-state index contributed by atoms with van der Waals surface area (Å²) in [5.41, 5.74) is 2.71. The Bertz CT molecular complexity index is 640. The molecule has 0 spiro atoms. The Kier molecular flexibility index (Phi) is 4.30. The average Bonchev–Trinajstić information content (AvgIpc) is 2.41. The van der Waals surface area contributed by atoms with Gasteiger partial charge in [-0.1, -0.05) is 41.4 Å². The topological polar surface area (TPSA) is 49.3 Å². The molecule has 0 radical (unpaired) electrons. The summed E-state index contributed by atoms with van der Waals surface area (Å²) in [5, 5.41) is 13.1. The molecular weight excluding hydrogens is 274 g/mol. The molecule has 0 aliphatic carbocycles. The number of rotatable bonds is 4. The molecule has 0 saturated carbocycles. The molecule has 1 atom stereocenters. The van der Waals surface area contributed by atoms with Gasteiger partial charge in [0.15, 0.2) is 0 Å². The first-order valence-corrected chi connectivity index (χ1v) is 6.71. The second-order valence-corrected chi connectivity index (χ2v) is 5.15. The minimum atomic E-state index is -0.942. The summed E-state index contributed by atoms with van der Waals surface area (Å²) in [6.07, 6.45) is 0. The van der Waals surface area contributed by atoms with Crippen LogP contribution < -0.4 is 5.32 Å². The minimum absolute atomic E-state index is 0.0792. The summed E-state index contributed by atoms with van der Waals surface area (Å²) in [4.78, 5) is 11.3. The number of carbonyl (C=O) groups is 1. The number of benzene rings is 2. The highest BCUT2D eigenvalue weighted by molar-refractivity contribution is 6.31. The van der Waals surface area contributed by atoms with Crippen LogP contribution in [-0.2, 0) is 0 Å². The fourth-order valence-electron chi connectivity index (χ4n) is 2.10. The molecule has 4 heteroatoms. The quantitative estimate of drug-likeness (QED) is 0.870. The van der Waals surface area contributed by atoms with Gasteiger partial charge in [-0.25, -0.2) is 4.79 Å². The Balaban J connectivity index is 2.31. The summed E-state index contributed by atoms with van der Waals surface area (Å²) in [6, 6.07) is 12.8. The number of aromatic carboxylic acids is 1. The molecule has 2 aromatic rings. The SMILES string of the molecule is Cc1ccc(NC(C)c2ccccc2Cl)c(C(=O)O)c1. The molecule has 0 aliphatic rings. The Morgan fingerprint density at radius 2 is 1.95 bits per heavy atom. The van der Waals surface area contributed by atoms with Crippen LogP contribution in [0.3, 0.4) is 0 Å². The monoisotopic (exact) mass is 289 g/mol. The Hall–Kier alpha value is -2.00. The first kappa shape index (κ1) is 14.4. The third-order valence-corrected chi connectivity index (χ3v) is 3.49. The van der Waals surface area contributed by atoms with Crippen molar-refractivity contribution in [3.05, 3.63) is 64.2 Å². The van der Waals surface area contributed by atoms with Crippen molar-refractivity contribution in [3.63, 3.8) is 0 Å². The lowest BCUT2D eigenvalue weighted by Gasteiger charge is -2.18. The van der Waals surface area contributed by atoms with Gasteiger partial charge in [0.25, 0.3) is 0 Å². The molecule has 0 saturated heterocycles. The van der Waals surface area contributed by atoms with E-state index in [1.807, 2.05) is 44.2 Å². The highest BCUT2D eigenvalue weighted by Gasteiger charge is 2.14. The molecule has 0 bridgehead atoms. The van der Waals surface area contributed by atoms with Gasteiger partial charge >= 0.3 is 5.97 Å². The Labute approximate surface area is 123 Å². The molecule has 3 nitrogen and oxygen atoms in total. The fourth-order valence-corrected chi connectivity index (χ4v) is 2.40. The maximum absolute atomic E-state index is 11.3. The van der Waals surface area contributed by atoms with Crippen molar-refractivity contribution in [1.29, 1.82) is 0 Å². The Morgan fingerprint density at radius 3 is 2.60 bits per heavy atom. The first-order valence-electron chi connectivity index (χ1n) is 6.34. The van der Waals surface area contributed by atoms with Gasteiger partial charge < -0.3 is 10.4 Å². The number of hydrogen-bond acceptors (Lipinski definition) is 2. The Morgan fingerprint density at radius 1 is 1.25 bits per heavy atom. The van der Waals surface area contributed by atoms with Gasteiger partial charge in [0.05, 0.1) is 11.6 Å². The van der Waals surface area contributed by atoms with Crippen molar-refractivity contribution in [3.8, 4) is 0 Å². The van der Waals surface area contributed by atoms with Crippen molar-refractivity contribution in [2.75, 3.05) is 5.32 Å². The van der Waals surface area contributed by atoms with Crippen LogP contribution >= 0.6 is 11.6 Å². The standard InChI is InChI=1S/C16H16ClNO2/c1-10-7-8-15(13(9-10)16(19)20)18-11(2)12-5-3-4-6-14(12)17/h3-9,11,18H,1-2H3,(H,19,20). The van der Waals surface area contributed by atoms with Gasteiger partial charge in [-0.2, -0.15) is 0 Å². The molecule has 1 unspecified atom stereocenters. The third kappa shape index (κ3) is 3.11. The van der Waals surface area contributed by atoms with E-state index in [1.165, 1.54) is 0 Å². The first-order chi connectivity index (χ1) is 9.49. The number of carboxylic acid groups (broad SMARTS) is 1. The van der Waals surface area contributed by atoms with Crippen molar-refractivity contribution in [1.82, 2.24) is 0 Å². The van der Waals surface area contributed by atoms with Gasteiger partial charge in [-0.05, 0) is 37.6 Å². The summed E-state index contributed by atoms with van der Waals surface area (Å²) in [7, 11) is 0. The molecule has 0 heterocycles. The van der Waals surface area contributed by atoms with Gasteiger partial charge in [-0.3, -0.25) is 0 Å². The van der Waals surface area contributed by atoms with E-state index in [-0.39, 0.29) is 11.6 Å². The fraction of sp³-hybridized carbons (Fsp3) is 0.188. The highest BCUT2D eigenvalue weighted by atomic mass is 35.5. The lowest BCUT2D eigenvalue weighted by molar-refractivity contribution is 0.0698. The number of anilines is 1. The van der Waals surface area contributed by atoms with E-state index in [1.54, 1.807) is 12.1 Å². The van der Waals surface area contributed by atoms with E-state index in [0.717, 1.165) is 11.1 Å². The molecule has 2 aromatic carbocycles. The maximum atomic E-state index is 11.3. The number of aryl methyl sites for hydroxylation is 1. The zero-order valence-corrected chi connectivity index (χ0v) is 12.1. The number of carboxylic acids is 1. The normalized spacial score (nSPS) is 11.9. The molecule has 0 aromatic heterocycles. The smallest absolute Gasteiger partial charge is 0.337 e. The van der Waals surface area contributed by atoms with Crippen LogP contribution in [0.15, 0.2) is 42.5 Å². The lowest BCUT2D eigenvalue weighted by Crippen LogP contribution is -2.11. The maximum Gasteiger partial charge on any atom is 0.337 e. The van der Waals surface area contributed by atoms with Crippen LogP contribution in [0.2, 0.25) is 5.02 Å². The molecule has 0 amide bonds. The zero-order chi connectivity index (χ0) is 14.7. The van der Waals surface area contributed by atoms with E-state index >= 15 is 0 Å². The summed E-state index contributed by atoms with van der Waals surface area (Å²) >= 11 is 6.16. The van der Waals surface area contributed by atoms with Crippen molar-refractivity contribution in [2.45, 2.75) is 19.9 Å². The molecule has 0 fully saturated rings. The van der Waals surface area contributed by atoms with E-state index in [2.05, 4.69) is 5.32 Å². The van der Waals surface area contributed by atoms with E-state index < -0.39 is 5.97 Å². The van der Waals surface area contributed by atoms with Crippen LogP contribution in [-0.4, -0.2) is 11.1 Å². The van der Waals surface area contributed by atoms with Crippen LogP contribution in [0.25, 0.3) is 0 Å². The number of halogens is 1. The van der Waals surface area contributed by atoms with E-state index in [4.69, 9.17) is 11.6 Å². The lowest BCUT2D eigenvalue weighted by atomic mass is 10.1. The second kappa shape index (κ2) is 5.97. The minimum Gasteiger partial charge on any atom is -0.478 e. The number of hydrogen-bond donors (Lipinski definition) is 2. The average molecular weight is 290 g/mol. The van der Waals surface area contributed by atoms with Crippen molar-refractivity contribution >= 4 is 23.3 Å². The molecule has 0 aliphatic heterocycles. The van der Waals surface area contributed by atoms with Gasteiger partial charge in [0.1, 0.15) is 0 Å². The van der Waals surface area contributed by atoms with Crippen molar-refractivity contribution in [2.24, 2.45) is 0 Å². The van der Waals surface area contributed by atoms with Crippen LogP contribution in [0, 0.1) is 6.92 Å². The largest absolute Gasteiger partial charge is 0.478 e.